The third kappa shape index (κ3) is 4.80. The minimum atomic E-state index is -0.546. The van der Waals surface area contributed by atoms with Gasteiger partial charge in [-0.05, 0) is 51.7 Å². The summed E-state index contributed by atoms with van der Waals surface area (Å²) < 4.78 is 12.6. The van der Waals surface area contributed by atoms with Crippen LogP contribution in [0.3, 0.4) is 0 Å². The van der Waals surface area contributed by atoms with Crippen LogP contribution in [0, 0.1) is 0 Å². The van der Waals surface area contributed by atoms with Gasteiger partial charge in [-0.1, -0.05) is 18.2 Å². The molecule has 1 aromatic carbocycles. The molecule has 2 aromatic rings. The number of aryl methyl sites for hydroxylation is 1. The molecule has 2 atom stereocenters. The minimum absolute atomic E-state index is 0.0696. The molecule has 0 radical (unpaired) electrons. The van der Waals surface area contributed by atoms with Gasteiger partial charge in [-0.25, -0.2) is 9.78 Å². The Morgan fingerprint density at radius 3 is 2.78 bits per heavy atom. The zero-order valence-electron chi connectivity index (χ0n) is 19.3. The van der Waals surface area contributed by atoms with Gasteiger partial charge in [-0.3, -0.25) is 9.69 Å². The molecule has 1 amide bonds. The highest BCUT2D eigenvalue weighted by Gasteiger charge is 2.36. The topological polar surface area (TPSA) is 85.7 Å². The third-order valence-electron chi connectivity index (χ3n) is 6.08. The molecule has 8 heteroatoms. The van der Waals surface area contributed by atoms with E-state index >= 15 is 0 Å². The molecule has 8 nitrogen and oxygen atoms in total. The standard InChI is InChI=1S/C24H32N4O4/c1-24(2,3)32-23(30)26-17-11-12-27(14-17)21(22(29)31-4)13-18-20-10-9-16-7-5-6-8-19(16)28(20)15-25-18/h5-8,15,17,21H,9-14H2,1-4H3,(H,26,30)/t17-,21+/m0/s1. The summed E-state index contributed by atoms with van der Waals surface area (Å²) in [6.45, 7) is 6.78. The van der Waals surface area contributed by atoms with E-state index in [4.69, 9.17) is 9.47 Å². The molecular weight excluding hydrogens is 408 g/mol. The lowest BCUT2D eigenvalue weighted by atomic mass is 9.98. The molecule has 172 valence electrons. The van der Waals surface area contributed by atoms with Gasteiger partial charge in [0.15, 0.2) is 0 Å². The van der Waals surface area contributed by atoms with Gasteiger partial charge in [0.2, 0.25) is 0 Å². The van der Waals surface area contributed by atoms with Crippen LogP contribution in [0.2, 0.25) is 0 Å². The lowest BCUT2D eigenvalue weighted by Crippen LogP contribution is -2.45. The summed E-state index contributed by atoms with van der Waals surface area (Å²) >= 11 is 0. The average molecular weight is 441 g/mol. The maximum Gasteiger partial charge on any atom is 0.407 e. The molecule has 4 rings (SSSR count). The van der Waals surface area contributed by atoms with E-state index in [2.05, 4.69) is 38.0 Å². The third-order valence-corrected chi connectivity index (χ3v) is 6.08. The van der Waals surface area contributed by atoms with Crippen molar-refractivity contribution in [3.63, 3.8) is 0 Å². The molecule has 1 saturated heterocycles. The number of carbonyl (C=O) groups excluding carboxylic acids is 2. The van der Waals surface area contributed by atoms with Crippen molar-refractivity contribution >= 4 is 12.1 Å². The van der Waals surface area contributed by atoms with Crippen molar-refractivity contribution < 1.29 is 19.1 Å². The second kappa shape index (κ2) is 8.94. The van der Waals surface area contributed by atoms with Crippen molar-refractivity contribution in [2.24, 2.45) is 0 Å². The highest BCUT2D eigenvalue weighted by atomic mass is 16.6. The number of benzene rings is 1. The number of para-hydroxylation sites is 1. The highest BCUT2D eigenvalue weighted by molar-refractivity contribution is 5.76. The predicted molar refractivity (Wildman–Crippen MR) is 120 cm³/mol. The Labute approximate surface area is 188 Å². The number of amides is 1. The van der Waals surface area contributed by atoms with Gasteiger partial charge < -0.3 is 19.4 Å². The van der Waals surface area contributed by atoms with Crippen LogP contribution < -0.4 is 5.32 Å². The number of rotatable bonds is 5. The number of nitrogens with one attached hydrogen (secondary N) is 1. The van der Waals surface area contributed by atoms with E-state index in [1.165, 1.54) is 12.7 Å². The molecule has 3 heterocycles. The summed E-state index contributed by atoms with van der Waals surface area (Å²) in [6, 6.07) is 7.84. The Hall–Kier alpha value is -2.87. The Bertz CT molecular complexity index is 994. The first-order chi connectivity index (χ1) is 15.2. The van der Waals surface area contributed by atoms with Crippen LogP contribution >= 0.6 is 0 Å². The molecule has 1 fully saturated rings. The number of imidazole rings is 1. The molecule has 2 aliphatic heterocycles. The van der Waals surface area contributed by atoms with Crippen molar-refractivity contribution in [1.29, 1.82) is 0 Å². The van der Waals surface area contributed by atoms with Crippen LogP contribution in [0.5, 0.6) is 0 Å². The molecule has 0 saturated carbocycles. The molecule has 0 bridgehead atoms. The minimum Gasteiger partial charge on any atom is -0.468 e. The van der Waals surface area contributed by atoms with Crippen molar-refractivity contribution in [3.05, 3.63) is 47.5 Å². The van der Waals surface area contributed by atoms with Crippen molar-refractivity contribution in [2.75, 3.05) is 20.2 Å². The fourth-order valence-electron chi connectivity index (χ4n) is 4.61. The number of aromatic nitrogens is 2. The van der Waals surface area contributed by atoms with Gasteiger partial charge in [-0.2, -0.15) is 0 Å². The second-order valence-corrected chi connectivity index (χ2v) is 9.51. The van der Waals surface area contributed by atoms with Gasteiger partial charge in [0, 0.05) is 36.9 Å². The Morgan fingerprint density at radius 1 is 1.25 bits per heavy atom. The number of hydrogen-bond acceptors (Lipinski definition) is 6. The molecule has 32 heavy (non-hydrogen) atoms. The van der Waals surface area contributed by atoms with Gasteiger partial charge >= 0.3 is 12.1 Å². The SMILES string of the molecule is COC(=O)[C@@H](Cc1ncn2c1CCc1ccccc1-2)N1CC[C@H](NC(=O)OC(C)(C)C)C1. The van der Waals surface area contributed by atoms with Crippen LogP contribution in [0.25, 0.3) is 5.69 Å². The van der Waals surface area contributed by atoms with Gasteiger partial charge in [0.25, 0.3) is 0 Å². The normalized spacial score (nSPS) is 19.1. The first-order valence-electron chi connectivity index (χ1n) is 11.2. The van der Waals surface area contributed by atoms with Crippen LogP contribution in [0.4, 0.5) is 4.79 Å². The van der Waals surface area contributed by atoms with Crippen LogP contribution in [-0.2, 0) is 33.5 Å². The van der Waals surface area contributed by atoms with Gasteiger partial charge in [0.05, 0.1) is 19.1 Å². The maximum absolute atomic E-state index is 12.7. The molecule has 0 spiro atoms. The van der Waals surface area contributed by atoms with E-state index in [-0.39, 0.29) is 12.0 Å². The maximum atomic E-state index is 12.7. The smallest absolute Gasteiger partial charge is 0.407 e. The van der Waals surface area contributed by atoms with E-state index in [0.29, 0.717) is 19.5 Å². The fraction of sp³-hybridized carbons (Fsp3) is 0.542. The summed E-state index contributed by atoms with van der Waals surface area (Å²) in [6.07, 6.45) is 4.51. The van der Waals surface area contributed by atoms with Crippen LogP contribution in [0.1, 0.15) is 44.1 Å². The Morgan fingerprint density at radius 2 is 2.03 bits per heavy atom. The number of hydrogen-bond donors (Lipinski definition) is 1. The lowest BCUT2D eigenvalue weighted by molar-refractivity contribution is -0.146. The largest absolute Gasteiger partial charge is 0.468 e. The quantitative estimate of drug-likeness (QED) is 0.720. The number of fused-ring (bicyclic) bond motifs is 3. The van der Waals surface area contributed by atoms with Crippen LogP contribution in [0.15, 0.2) is 30.6 Å². The van der Waals surface area contributed by atoms with Crippen molar-refractivity contribution in [3.8, 4) is 5.69 Å². The number of carbonyl (C=O) groups is 2. The van der Waals surface area contributed by atoms with Crippen LogP contribution in [-0.4, -0.2) is 64.4 Å². The number of methoxy groups -OCH3 is 1. The first-order valence-corrected chi connectivity index (χ1v) is 11.2. The zero-order valence-corrected chi connectivity index (χ0v) is 19.3. The van der Waals surface area contributed by atoms with E-state index < -0.39 is 17.7 Å². The molecule has 0 unspecified atom stereocenters. The predicted octanol–water partition coefficient (Wildman–Crippen LogP) is 2.65. The van der Waals surface area contributed by atoms with Gasteiger partial charge in [0.1, 0.15) is 11.6 Å². The average Bonchev–Trinajstić information content (AvgIpc) is 3.37. The lowest BCUT2D eigenvalue weighted by Gasteiger charge is -2.26. The number of likely N-dealkylation sites (tertiary alicyclic amines) is 1. The number of esters is 1. The fourth-order valence-corrected chi connectivity index (χ4v) is 4.61. The Kier molecular flexibility index (Phi) is 6.24. The van der Waals surface area contributed by atoms with E-state index in [1.807, 2.05) is 33.2 Å². The second-order valence-electron chi connectivity index (χ2n) is 9.51. The summed E-state index contributed by atoms with van der Waals surface area (Å²) in [5.74, 6) is -0.277. The monoisotopic (exact) mass is 440 g/mol. The zero-order chi connectivity index (χ0) is 22.9. The number of alkyl carbamates (subject to hydrolysis) is 1. The highest BCUT2D eigenvalue weighted by Crippen LogP contribution is 2.28. The number of ether oxygens (including phenoxy) is 2. The molecule has 1 aromatic heterocycles. The molecule has 1 N–H and O–H groups in total. The summed E-state index contributed by atoms with van der Waals surface area (Å²) in [4.78, 5) is 31.6. The molecular formula is C24H32N4O4. The summed E-state index contributed by atoms with van der Waals surface area (Å²) in [5, 5.41) is 2.92. The summed E-state index contributed by atoms with van der Waals surface area (Å²) in [5.41, 5.74) is 4.00. The Balaban J connectivity index is 1.47. The van der Waals surface area contributed by atoms with E-state index in [0.717, 1.165) is 36.3 Å². The molecule has 2 aliphatic rings. The van der Waals surface area contributed by atoms with Crippen molar-refractivity contribution in [2.45, 2.75) is 64.1 Å². The van der Waals surface area contributed by atoms with E-state index in [1.54, 1.807) is 0 Å². The summed E-state index contributed by atoms with van der Waals surface area (Å²) in [7, 11) is 1.42. The molecule has 0 aliphatic carbocycles. The van der Waals surface area contributed by atoms with Crippen molar-refractivity contribution in [1.82, 2.24) is 19.8 Å². The van der Waals surface area contributed by atoms with E-state index in [9.17, 15) is 9.59 Å². The first kappa shape index (κ1) is 22.3. The number of nitrogens with zero attached hydrogens (tertiary/aromatic N) is 3. The van der Waals surface area contributed by atoms with Gasteiger partial charge in [-0.15, -0.1) is 0 Å².